The Balaban J connectivity index is 2.63. The number of ether oxygens (including phenoxy) is 1. The topological polar surface area (TPSA) is 118 Å². The Kier molecular flexibility index (Phi) is 2.99. The van der Waals surface area contributed by atoms with Crippen molar-refractivity contribution in [3.05, 3.63) is 0 Å². The first-order chi connectivity index (χ1) is 5.57. The van der Waals surface area contributed by atoms with E-state index in [4.69, 9.17) is 14.9 Å². The van der Waals surface area contributed by atoms with Crippen molar-refractivity contribution in [2.45, 2.75) is 30.6 Å². The van der Waals surface area contributed by atoms with Crippen LogP contribution in [0.1, 0.15) is 0 Å². The molecule has 6 heteroatoms. The van der Waals surface area contributed by atoms with Gasteiger partial charge in [0.15, 0.2) is 6.10 Å². The molecule has 0 unspecified atom stereocenters. The minimum atomic E-state index is -1.31. The number of rotatable bonds is 1. The van der Waals surface area contributed by atoms with Crippen molar-refractivity contribution in [2.24, 2.45) is 0 Å². The van der Waals surface area contributed by atoms with Crippen molar-refractivity contribution in [2.75, 3.05) is 6.61 Å². The minimum absolute atomic E-state index is 0.406. The lowest BCUT2D eigenvalue weighted by Gasteiger charge is -2.36. The summed E-state index contributed by atoms with van der Waals surface area (Å²) in [6, 6.07) is 0. The molecule has 0 amide bonds. The van der Waals surface area contributed by atoms with Crippen molar-refractivity contribution in [3.63, 3.8) is 0 Å². The third-order valence-electron chi connectivity index (χ3n) is 1.99. The van der Waals surface area contributed by atoms with Crippen molar-refractivity contribution < 1.29 is 30.9 Å². The predicted molar refractivity (Wildman–Crippen MR) is 36.7 cm³/mol. The second-order valence-electron chi connectivity index (χ2n) is 2.87. The second-order valence-corrected chi connectivity index (χ2v) is 2.87. The van der Waals surface area contributed by atoms with Gasteiger partial charge in [0.05, 0.1) is 6.61 Å². The van der Waals surface area contributed by atoms with E-state index in [1.807, 2.05) is 0 Å². The van der Waals surface area contributed by atoms with E-state index in [9.17, 15) is 10.2 Å². The molecule has 1 aliphatic rings. The standard InChI is InChI=1S/C6H13NO5/c7-6-5(11)4(10)3(9)2(1-8)12-6/h2-6,8-11H,1,7H2/p+1/t2-,3+,4+,5-,6-/m1/s1. The van der Waals surface area contributed by atoms with Crippen LogP contribution in [0.5, 0.6) is 0 Å². The molecule has 0 aliphatic carbocycles. The average molecular weight is 180 g/mol. The molecule has 0 saturated carbocycles. The molecule has 0 bridgehead atoms. The van der Waals surface area contributed by atoms with Crippen LogP contribution in [0.3, 0.4) is 0 Å². The number of hydrogen-bond donors (Lipinski definition) is 5. The zero-order valence-electron chi connectivity index (χ0n) is 6.50. The fraction of sp³-hybridized carbons (Fsp3) is 1.00. The molecule has 1 saturated heterocycles. The first-order valence-electron chi connectivity index (χ1n) is 3.71. The molecule has 5 atom stereocenters. The molecule has 7 N–H and O–H groups in total. The summed E-state index contributed by atoms with van der Waals surface area (Å²) >= 11 is 0. The molecule has 0 aromatic rings. The van der Waals surface area contributed by atoms with Crippen LogP contribution in [0.4, 0.5) is 0 Å². The molecule has 12 heavy (non-hydrogen) atoms. The number of aliphatic hydroxyl groups is 4. The van der Waals surface area contributed by atoms with E-state index in [1.165, 1.54) is 0 Å². The Hall–Kier alpha value is -0.240. The molecule has 0 radical (unpaired) electrons. The zero-order chi connectivity index (χ0) is 9.30. The summed E-state index contributed by atoms with van der Waals surface area (Å²) in [4.78, 5) is 0. The molecule has 0 aromatic heterocycles. The van der Waals surface area contributed by atoms with Crippen molar-refractivity contribution in [3.8, 4) is 0 Å². The number of aliphatic hydroxyl groups excluding tert-OH is 4. The maximum atomic E-state index is 9.20. The van der Waals surface area contributed by atoms with Gasteiger partial charge in [-0.05, 0) is 0 Å². The summed E-state index contributed by atoms with van der Waals surface area (Å²) in [7, 11) is 0. The fourth-order valence-corrected chi connectivity index (χ4v) is 1.18. The van der Waals surface area contributed by atoms with Gasteiger partial charge >= 0.3 is 0 Å². The number of hydrogen-bond acceptors (Lipinski definition) is 5. The van der Waals surface area contributed by atoms with Crippen molar-refractivity contribution in [1.82, 2.24) is 0 Å². The van der Waals surface area contributed by atoms with E-state index in [0.29, 0.717) is 0 Å². The van der Waals surface area contributed by atoms with E-state index in [-0.39, 0.29) is 0 Å². The van der Waals surface area contributed by atoms with E-state index < -0.39 is 37.3 Å². The van der Waals surface area contributed by atoms with Gasteiger partial charge < -0.3 is 30.9 Å². The van der Waals surface area contributed by atoms with Crippen LogP contribution in [-0.2, 0) is 4.74 Å². The molecule has 0 aromatic carbocycles. The fourth-order valence-electron chi connectivity index (χ4n) is 1.18. The van der Waals surface area contributed by atoms with Crippen LogP contribution in [0, 0.1) is 0 Å². The highest BCUT2D eigenvalue weighted by molar-refractivity contribution is 4.87. The maximum Gasteiger partial charge on any atom is 0.218 e. The molecular formula is C6H14NO5+. The van der Waals surface area contributed by atoms with Crippen LogP contribution in [-0.4, -0.2) is 57.7 Å². The average Bonchev–Trinajstić information content (AvgIpc) is 2.08. The van der Waals surface area contributed by atoms with E-state index in [2.05, 4.69) is 5.73 Å². The van der Waals surface area contributed by atoms with Gasteiger partial charge in [-0.3, -0.25) is 0 Å². The van der Waals surface area contributed by atoms with Gasteiger partial charge in [-0.25, -0.2) is 0 Å². The van der Waals surface area contributed by atoms with Gasteiger partial charge in [-0.15, -0.1) is 0 Å². The van der Waals surface area contributed by atoms with E-state index in [1.54, 1.807) is 0 Å². The van der Waals surface area contributed by atoms with Gasteiger partial charge in [0.25, 0.3) is 0 Å². The summed E-state index contributed by atoms with van der Waals surface area (Å²) < 4.78 is 4.91. The Morgan fingerprint density at radius 3 is 2.17 bits per heavy atom. The highest BCUT2D eigenvalue weighted by Crippen LogP contribution is 2.16. The summed E-state index contributed by atoms with van der Waals surface area (Å²) in [6.45, 7) is -0.406. The Morgan fingerprint density at radius 1 is 1.08 bits per heavy atom. The Labute approximate surface area is 69.2 Å². The van der Waals surface area contributed by atoms with Crippen LogP contribution < -0.4 is 5.73 Å². The first-order valence-corrected chi connectivity index (χ1v) is 3.71. The molecule has 1 fully saturated rings. The third kappa shape index (κ3) is 1.58. The quantitative estimate of drug-likeness (QED) is 0.282. The van der Waals surface area contributed by atoms with Gasteiger partial charge in [0.1, 0.15) is 18.3 Å². The smallest absolute Gasteiger partial charge is 0.218 e. The normalized spacial score (nSPS) is 49.2. The Morgan fingerprint density at radius 2 is 1.67 bits per heavy atom. The molecule has 1 aliphatic heterocycles. The van der Waals surface area contributed by atoms with Gasteiger partial charge in [0, 0.05) is 0 Å². The van der Waals surface area contributed by atoms with Gasteiger partial charge in [-0.1, -0.05) is 0 Å². The number of quaternary nitrogens is 1. The van der Waals surface area contributed by atoms with E-state index >= 15 is 0 Å². The van der Waals surface area contributed by atoms with Gasteiger partial charge in [-0.2, -0.15) is 0 Å². The second kappa shape index (κ2) is 3.65. The van der Waals surface area contributed by atoms with Crippen LogP contribution in [0.15, 0.2) is 0 Å². The molecule has 1 rings (SSSR count). The predicted octanol–water partition coefficient (Wildman–Crippen LogP) is -3.97. The van der Waals surface area contributed by atoms with Crippen LogP contribution in [0.2, 0.25) is 0 Å². The van der Waals surface area contributed by atoms with Crippen LogP contribution >= 0.6 is 0 Å². The highest BCUT2D eigenvalue weighted by Gasteiger charge is 2.43. The summed E-state index contributed by atoms with van der Waals surface area (Å²) in [6.07, 6.45) is -5.46. The largest absolute Gasteiger partial charge is 0.394 e. The SMILES string of the molecule is [NH3+][C@@H]1O[C@H](CO)[C@H](O)[C@H](O)[C@H]1O. The summed E-state index contributed by atoms with van der Waals surface area (Å²) in [5.41, 5.74) is 3.41. The molecule has 6 nitrogen and oxygen atoms in total. The molecule has 1 heterocycles. The van der Waals surface area contributed by atoms with Gasteiger partial charge in [0.2, 0.25) is 6.23 Å². The monoisotopic (exact) mass is 180 g/mol. The first kappa shape index (κ1) is 9.85. The lowest BCUT2D eigenvalue weighted by atomic mass is 9.99. The van der Waals surface area contributed by atoms with Crippen molar-refractivity contribution >= 4 is 0 Å². The lowest BCUT2D eigenvalue weighted by molar-refractivity contribution is -0.532. The Bertz CT molecular complexity index is 150. The third-order valence-corrected chi connectivity index (χ3v) is 1.99. The molecular weight excluding hydrogens is 166 g/mol. The van der Waals surface area contributed by atoms with Crippen molar-refractivity contribution in [1.29, 1.82) is 0 Å². The summed E-state index contributed by atoms with van der Waals surface area (Å²) in [5, 5.41) is 36.2. The van der Waals surface area contributed by atoms with Crippen LogP contribution in [0.25, 0.3) is 0 Å². The molecule has 72 valence electrons. The summed E-state index contributed by atoms with van der Waals surface area (Å²) in [5.74, 6) is 0. The zero-order valence-corrected chi connectivity index (χ0v) is 6.50. The maximum absolute atomic E-state index is 9.20. The minimum Gasteiger partial charge on any atom is -0.394 e. The lowest BCUT2D eigenvalue weighted by Crippen LogP contribution is -2.75. The van der Waals surface area contributed by atoms with E-state index in [0.717, 1.165) is 0 Å². The molecule has 0 spiro atoms. The highest BCUT2D eigenvalue weighted by atomic mass is 16.6.